The topological polar surface area (TPSA) is 62.3 Å². The lowest BCUT2D eigenvalue weighted by Crippen LogP contribution is -2.05. The van der Waals surface area contributed by atoms with Gasteiger partial charge in [0.05, 0.1) is 6.07 Å². The third kappa shape index (κ3) is 11.6. The van der Waals surface area contributed by atoms with Crippen LogP contribution in [0.25, 0.3) is 4.85 Å². The van der Waals surface area contributed by atoms with Gasteiger partial charge in [-0.15, -0.1) is 0 Å². The first kappa shape index (κ1) is 28.9. The fourth-order valence-electron chi connectivity index (χ4n) is 2.63. The lowest BCUT2D eigenvalue weighted by molar-refractivity contribution is -0.117. The average molecular weight is 514 g/mol. The molecule has 174 valence electrons. The average Bonchev–Trinajstić information content (AvgIpc) is 2.79. The maximum atomic E-state index is 11.0. The molecule has 0 N–H and O–H groups in total. The molecule has 0 bridgehead atoms. The first-order chi connectivity index (χ1) is 16.2. The van der Waals surface area contributed by atoms with Gasteiger partial charge in [0, 0.05) is 27.1 Å². The molecule has 7 heteroatoms. The number of rotatable bonds is 5. The van der Waals surface area contributed by atoms with Crippen LogP contribution in [0.5, 0.6) is 0 Å². The molecule has 3 aromatic rings. The van der Waals surface area contributed by atoms with Crippen molar-refractivity contribution in [3.63, 3.8) is 0 Å². The van der Waals surface area contributed by atoms with Crippen LogP contribution in [-0.2, 0) is 22.6 Å². The van der Waals surface area contributed by atoms with Crippen molar-refractivity contribution in [1.29, 1.82) is 5.26 Å². The van der Waals surface area contributed by atoms with E-state index >= 15 is 0 Å². The summed E-state index contributed by atoms with van der Waals surface area (Å²) >= 11 is 17.0. The van der Waals surface area contributed by atoms with Crippen molar-refractivity contribution in [3.05, 3.63) is 116 Å². The molecule has 34 heavy (non-hydrogen) atoms. The molecule has 0 aliphatic carbocycles. The molecule has 3 aromatic carbocycles. The van der Waals surface area contributed by atoms with Gasteiger partial charge in [-0.3, -0.25) is 9.59 Å². The molecular formula is C27H23Cl3N2O2. The number of hydrogen-bond donors (Lipinski definition) is 0. The van der Waals surface area contributed by atoms with E-state index in [2.05, 4.69) is 4.85 Å². The molecular weight excluding hydrogens is 491 g/mol. The Balaban J connectivity index is 0.000000257. The molecule has 1 atom stereocenters. The van der Waals surface area contributed by atoms with Crippen molar-refractivity contribution >= 4 is 46.4 Å². The van der Waals surface area contributed by atoms with Crippen LogP contribution in [0, 0.1) is 17.9 Å². The molecule has 4 nitrogen and oxygen atoms in total. The fourth-order valence-corrected chi connectivity index (χ4v) is 3.00. The predicted molar refractivity (Wildman–Crippen MR) is 138 cm³/mol. The minimum atomic E-state index is -0.669. The number of benzene rings is 3. The predicted octanol–water partition coefficient (Wildman–Crippen LogP) is 7.77. The highest BCUT2D eigenvalue weighted by atomic mass is 35.5. The van der Waals surface area contributed by atoms with Crippen molar-refractivity contribution in [2.75, 3.05) is 0 Å². The second-order valence-corrected chi connectivity index (χ2v) is 8.48. The Morgan fingerprint density at radius 3 is 1.59 bits per heavy atom. The third-order valence-electron chi connectivity index (χ3n) is 4.28. The number of Topliss-reactive ketones (excluding diaryl/α,β-unsaturated/α-hetero) is 2. The van der Waals surface area contributed by atoms with E-state index in [0.717, 1.165) is 11.1 Å². The molecule has 0 aromatic heterocycles. The quantitative estimate of drug-likeness (QED) is 0.327. The van der Waals surface area contributed by atoms with Gasteiger partial charge in [0.15, 0.2) is 5.78 Å². The Morgan fingerprint density at radius 2 is 1.24 bits per heavy atom. The zero-order valence-corrected chi connectivity index (χ0v) is 21.0. The SMILES string of the molecule is CC(=O)C(C#N)c1ccc(Cl)cc1.CC(=O)Cc1ccc(Cl)cc1.[C-]#[N+]Cc1ccc(Cl)cc1. The summed E-state index contributed by atoms with van der Waals surface area (Å²) in [5, 5.41) is 10.7. The summed E-state index contributed by atoms with van der Waals surface area (Å²) in [7, 11) is 0. The van der Waals surface area contributed by atoms with Crippen LogP contribution in [0.3, 0.4) is 0 Å². The van der Waals surface area contributed by atoms with E-state index in [1.807, 2.05) is 30.3 Å². The standard InChI is InChI=1S/C10H8ClNO.C9H9ClO.C8H6ClN/c1-7(13)10(6-12)8-2-4-9(11)5-3-8;1-7(11)6-8-2-4-9(10)5-3-8;1-10-6-7-2-4-8(9)5-3-7/h2-5,10H,1H3;2-5H,6H2,1H3;2-5H,6H2. The number of halogens is 3. The van der Waals surface area contributed by atoms with E-state index in [-0.39, 0.29) is 11.6 Å². The molecule has 1 unspecified atom stereocenters. The Bertz CT molecular complexity index is 1140. The maximum absolute atomic E-state index is 11.0. The zero-order chi connectivity index (χ0) is 25.5. The van der Waals surface area contributed by atoms with Crippen LogP contribution >= 0.6 is 34.8 Å². The summed E-state index contributed by atoms with van der Waals surface area (Å²) in [5.74, 6) is -0.644. The van der Waals surface area contributed by atoms with E-state index in [1.165, 1.54) is 6.92 Å². The minimum absolute atomic E-state index is 0.148. The summed E-state index contributed by atoms with van der Waals surface area (Å²) in [5.41, 5.74) is 2.72. The van der Waals surface area contributed by atoms with Gasteiger partial charge in [0.25, 0.3) is 0 Å². The van der Waals surface area contributed by atoms with Crippen LogP contribution in [0.15, 0.2) is 72.8 Å². The van der Waals surface area contributed by atoms with Gasteiger partial charge in [-0.05, 0) is 61.4 Å². The molecule has 0 aliphatic heterocycles. The van der Waals surface area contributed by atoms with Crippen LogP contribution < -0.4 is 0 Å². The number of carbonyl (C=O) groups is 2. The number of carbonyl (C=O) groups excluding carboxylic acids is 2. The van der Waals surface area contributed by atoms with Crippen LogP contribution in [0.4, 0.5) is 0 Å². The summed E-state index contributed by atoms with van der Waals surface area (Å²) in [4.78, 5) is 24.9. The Hall–Kier alpha value is -3.15. The Kier molecular flexibility index (Phi) is 13.3. The number of ketones is 2. The fraction of sp³-hybridized carbons (Fsp3) is 0.185. The van der Waals surface area contributed by atoms with Gasteiger partial charge < -0.3 is 4.85 Å². The first-order valence-electron chi connectivity index (χ1n) is 10.1. The monoisotopic (exact) mass is 512 g/mol. The summed E-state index contributed by atoms with van der Waals surface area (Å²) in [6, 6.07) is 23.3. The van der Waals surface area contributed by atoms with Gasteiger partial charge in [-0.25, -0.2) is 6.57 Å². The molecule has 0 spiro atoms. The molecule has 0 radical (unpaired) electrons. The highest BCUT2D eigenvalue weighted by molar-refractivity contribution is 6.31. The molecule has 0 heterocycles. The normalized spacial score (nSPS) is 10.2. The van der Waals surface area contributed by atoms with Gasteiger partial charge in [0.2, 0.25) is 6.54 Å². The van der Waals surface area contributed by atoms with Crippen molar-refractivity contribution in [2.45, 2.75) is 32.7 Å². The van der Waals surface area contributed by atoms with Gasteiger partial charge in [-0.1, -0.05) is 71.2 Å². The molecule has 0 amide bonds. The van der Waals surface area contributed by atoms with Crippen molar-refractivity contribution < 1.29 is 9.59 Å². The van der Waals surface area contributed by atoms with Crippen LogP contribution in [0.2, 0.25) is 15.1 Å². The highest BCUT2D eigenvalue weighted by Crippen LogP contribution is 2.18. The summed E-state index contributed by atoms with van der Waals surface area (Å²) in [6.45, 7) is 10.0. The smallest absolute Gasteiger partial charge is 0.239 e. The van der Waals surface area contributed by atoms with E-state index in [4.69, 9.17) is 46.6 Å². The van der Waals surface area contributed by atoms with Gasteiger partial charge in [0.1, 0.15) is 11.7 Å². The van der Waals surface area contributed by atoms with Crippen molar-refractivity contribution in [1.82, 2.24) is 0 Å². The van der Waals surface area contributed by atoms with Gasteiger partial charge >= 0.3 is 0 Å². The lowest BCUT2D eigenvalue weighted by Gasteiger charge is -2.04. The second kappa shape index (κ2) is 15.6. The highest BCUT2D eigenvalue weighted by Gasteiger charge is 2.14. The molecule has 3 rings (SSSR count). The second-order valence-electron chi connectivity index (χ2n) is 7.17. The number of nitriles is 1. The maximum Gasteiger partial charge on any atom is 0.239 e. The molecule has 0 aliphatic rings. The molecule has 0 fully saturated rings. The zero-order valence-electron chi connectivity index (χ0n) is 18.8. The van der Waals surface area contributed by atoms with Gasteiger partial charge in [-0.2, -0.15) is 5.26 Å². The number of nitrogens with zero attached hydrogens (tertiary/aromatic N) is 2. The van der Waals surface area contributed by atoms with E-state index < -0.39 is 5.92 Å². The van der Waals surface area contributed by atoms with E-state index in [0.29, 0.717) is 33.6 Å². The third-order valence-corrected chi connectivity index (χ3v) is 5.04. The Morgan fingerprint density at radius 1 is 0.824 bits per heavy atom. The summed E-state index contributed by atoms with van der Waals surface area (Å²) < 4.78 is 0. The lowest BCUT2D eigenvalue weighted by atomic mass is 9.97. The molecule has 0 saturated heterocycles. The largest absolute Gasteiger partial charge is 0.312 e. The van der Waals surface area contributed by atoms with E-state index in [9.17, 15) is 9.59 Å². The first-order valence-corrected chi connectivity index (χ1v) is 11.3. The molecule has 0 saturated carbocycles. The minimum Gasteiger partial charge on any atom is -0.312 e. The van der Waals surface area contributed by atoms with Crippen molar-refractivity contribution in [3.8, 4) is 6.07 Å². The summed E-state index contributed by atoms with van der Waals surface area (Å²) in [6.07, 6.45) is 0.497. The Labute approximate surface area is 215 Å². The van der Waals surface area contributed by atoms with Crippen LogP contribution in [-0.4, -0.2) is 11.6 Å². The van der Waals surface area contributed by atoms with Crippen LogP contribution in [0.1, 0.15) is 36.5 Å². The van der Waals surface area contributed by atoms with Crippen molar-refractivity contribution in [2.24, 2.45) is 0 Å². The van der Waals surface area contributed by atoms with E-state index in [1.54, 1.807) is 55.5 Å². The number of hydrogen-bond acceptors (Lipinski definition) is 3.